The number of hydrogen-bond acceptors (Lipinski definition) is 2. The lowest BCUT2D eigenvalue weighted by Gasteiger charge is -2.12. The normalized spacial score (nSPS) is 12.7. The van der Waals surface area contributed by atoms with Gasteiger partial charge in [0.25, 0.3) is 0 Å². The van der Waals surface area contributed by atoms with Crippen molar-refractivity contribution in [2.75, 3.05) is 0 Å². The summed E-state index contributed by atoms with van der Waals surface area (Å²) in [5.41, 5.74) is 9.44. The highest BCUT2D eigenvalue weighted by Gasteiger charge is 2.14. The summed E-state index contributed by atoms with van der Waals surface area (Å²) < 4.78 is 1.86. The Kier molecular flexibility index (Phi) is 4.04. The third kappa shape index (κ3) is 2.74. The van der Waals surface area contributed by atoms with E-state index in [2.05, 4.69) is 18.1 Å². The molecular weight excluding hydrogens is 246 g/mol. The van der Waals surface area contributed by atoms with E-state index >= 15 is 0 Å². The van der Waals surface area contributed by atoms with Crippen LogP contribution in [0.5, 0.6) is 0 Å². The zero-order valence-electron chi connectivity index (χ0n) is 10.7. The first-order valence-electron chi connectivity index (χ1n) is 6.13. The van der Waals surface area contributed by atoms with E-state index in [1.165, 1.54) is 0 Å². The average Bonchev–Trinajstić information content (AvgIpc) is 2.73. The Hall–Kier alpha value is -1.32. The SMILES string of the molecule is CCc1cc(C(N)Cc2ccccc2Cl)n(C)n1. The van der Waals surface area contributed by atoms with Crippen molar-refractivity contribution >= 4 is 11.6 Å². The lowest BCUT2D eigenvalue weighted by atomic mass is 10.0. The molecule has 0 fully saturated rings. The van der Waals surface area contributed by atoms with Crippen molar-refractivity contribution in [2.24, 2.45) is 12.8 Å². The Balaban J connectivity index is 2.19. The van der Waals surface area contributed by atoms with E-state index in [4.69, 9.17) is 17.3 Å². The van der Waals surface area contributed by atoms with E-state index in [1.54, 1.807) is 0 Å². The predicted octanol–water partition coefficient (Wildman–Crippen LogP) is 2.88. The van der Waals surface area contributed by atoms with E-state index < -0.39 is 0 Å². The van der Waals surface area contributed by atoms with Gasteiger partial charge in [-0.1, -0.05) is 36.7 Å². The van der Waals surface area contributed by atoms with Gasteiger partial charge in [-0.15, -0.1) is 0 Å². The minimum Gasteiger partial charge on any atom is -0.322 e. The van der Waals surface area contributed by atoms with Crippen LogP contribution < -0.4 is 5.73 Å². The van der Waals surface area contributed by atoms with Crippen molar-refractivity contribution in [1.29, 1.82) is 0 Å². The van der Waals surface area contributed by atoms with Crippen molar-refractivity contribution in [3.8, 4) is 0 Å². The fourth-order valence-corrected chi connectivity index (χ4v) is 2.28. The number of rotatable bonds is 4. The molecule has 18 heavy (non-hydrogen) atoms. The Bertz CT molecular complexity index is 534. The zero-order chi connectivity index (χ0) is 13.1. The molecule has 1 heterocycles. The molecule has 0 aliphatic carbocycles. The van der Waals surface area contributed by atoms with Crippen LogP contribution in [-0.2, 0) is 19.9 Å². The molecule has 96 valence electrons. The van der Waals surface area contributed by atoms with E-state index in [0.29, 0.717) is 0 Å². The van der Waals surface area contributed by atoms with Gasteiger partial charge < -0.3 is 5.73 Å². The second kappa shape index (κ2) is 5.55. The summed E-state index contributed by atoms with van der Waals surface area (Å²) in [6.07, 6.45) is 1.65. The molecule has 0 saturated carbocycles. The first-order valence-corrected chi connectivity index (χ1v) is 6.51. The highest BCUT2D eigenvalue weighted by molar-refractivity contribution is 6.31. The van der Waals surface area contributed by atoms with Crippen molar-refractivity contribution in [3.63, 3.8) is 0 Å². The van der Waals surface area contributed by atoms with Gasteiger partial charge in [-0.25, -0.2) is 0 Å². The van der Waals surface area contributed by atoms with Crippen LogP contribution in [0.1, 0.15) is 29.9 Å². The molecule has 1 atom stereocenters. The number of hydrogen-bond donors (Lipinski definition) is 1. The van der Waals surface area contributed by atoms with Crippen molar-refractivity contribution < 1.29 is 0 Å². The van der Waals surface area contributed by atoms with Gasteiger partial charge in [0.05, 0.1) is 17.4 Å². The average molecular weight is 264 g/mol. The molecular formula is C14H18ClN3. The number of aryl methyl sites for hydroxylation is 2. The molecule has 0 aliphatic rings. The van der Waals surface area contributed by atoms with E-state index in [-0.39, 0.29) is 6.04 Å². The van der Waals surface area contributed by atoms with Crippen LogP contribution >= 0.6 is 11.6 Å². The maximum atomic E-state index is 6.25. The van der Waals surface area contributed by atoms with E-state index in [0.717, 1.165) is 34.8 Å². The summed E-state index contributed by atoms with van der Waals surface area (Å²) in [6.45, 7) is 2.09. The monoisotopic (exact) mass is 263 g/mol. The van der Waals surface area contributed by atoms with Gasteiger partial charge >= 0.3 is 0 Å². The molecule has 3 nitrogen and oxygen atoms in total. The Morgan fingerprint density at radius 3 is 2.72 bits per heavy atom. The van der Waals surface area contributed by atoms with Gasteiger partial charge in [0.1, 0.15) is 0 Å². The first kappa shape index (κ1) is 13.1. The van der Waals surface area contributed by atoms with Crippen molar-refractivity contribution in [3.05, 3.63) is 52.3 Å². The van der Waals surface area contributed by atoms with E-state index in [1.807, 2.05) is 36.0 Å². The van der Waals surface area contributed by atoms with Gasteiger partial charge in [-0.2, -0.15) is 5.10 Å². The maximum Gasteiger partial charge on any atom is 0.0625 e. The van der Waals surface area contributed by atoms with Crippen LogP contribution in [0.15, 0.2) is 30.3 Å². The number of nitrogens with zero attached hydrogens (tertiary/aromatic N) is 2. The highest BCUT2D eigenvalue weighted by atomic mass is 35.5. The van der Waals surface area contributed by atoms with Crippen molar-refractivity contribution in [1.82, 2.24) is 9.78 Å². The summed E-state index contributed by atoms with van der Waals surface area (Å²) in [7, 11) is 1.93. The molecule has 0 bridgehead atoms. The lowest BCUT2D eigenvalue weighted by Crippen LogP contribution is -2.17. The van der Waals surface area contributed by atoms with Gasteiger partial charge in [0, 0.05) is 12.1 Å². The van der Waals surface area contributed by atoms with Crippen LogP contribution in [0.4, 0.5) is 0 Å². The summed E-state index contributed by atoms with van der Waals surface area (Å²) in [6, 6.07) is 9.80. The van der Waals surface area contributed by atoms with Gasteiger partial charge in [0.2, 0.25) is 0 Å². The Morgan fingerprint density at radius 2 is 2.11 bits per heavy atom. The van der Waals surface area contributed by atoms with E-state index in [9.17, 15) is 0 Å². The van der Waals surface area contributed by atoms with Crippen molar-refractivity contribution in [2.45, 2.75) is 25.8 Å². The molecule has 1 aromatic carbocycles. The molecule has 1 aromatic heterocycles. The standard InChI is InChI=1S/C14H18ClN3/c1-3-11-9-14(18(2)17-11)13(16)8-10-6-4-5-7-12(10)15/h4-7,9,13H,3,8,16H2,1-2H3. The lowest BCUT2D eigenvalue weighted by molar-refractivity contribution is 0.614. The zero-order valence-corrected chi connectivity index (χ0v) is 11.5. The minimum atomic E-state index is -0.0808. The minimum absolute atomic E-state index is 0.0808. The molecule has 2 N–H and O–H groups in total. The summed E-state index contributed by atoms with van der Waals surface area (Å²) in [5.74, 6) is 0. The highest BCUT2D eigenvalue weighted by Crippen LogP contribution is 2.22. The number of benzene rings is 1. The van der Waals surface area contributed by atoms with Crippen LogP contribution in [0, 0.1) is 0 Å². The Labute approximate surface area is 113 Å². The third-order valence-electron chi connectivity index (χ3n) is 3.11. The molecule has 4 heteroatoms. The van der Waals surface area contributed by atoms with Gasteiger partial charge in [0.15, 0.2) is 0 Å². The maximum absolute atomic E-state index is 6.25. The smallest absolute Gasteiger partial charge is 0.0625 e. The quantitative estimate of drug-likeness (QED) is 0.922. The predicted molar refractivity (Wildman–Crippen MR) is 74.7 cm³/mol. The molecule has 0 amide bonds. The van der Waals surface area contributed by atoms with Gasteiger partial charge in [-0.3, -0.25) is 4.68 Å². The summed E-state index contributed by atoms with van der Waals surface area (Å²) >= 11 is 6.15. The van der Waals surface area contributed by atoms with Gasteiger partial charge in [-0.05, 0) is 30.5 Å². The van der Waals surface area contributed by atoms with Crippen LogP contribution in [-0.4, -0.2) is 9.78 Å². The molecule has 2 rings (SSSR count). The molecule has 2 aromatic rings. The largest absolute Gasteiger partial charge is 0.322 e. The van der Waals surface area contributed by atoms with Crippen LogP contribution in [0.25, 0.3) is 0 Å². The topological polar surface area (TPSA) is 43.8 Å². The number of halogens is 1. The first-order chi connectivity index (χ1) is 8.61. The molecule has 0 saturated heterocycles. The molecule has 0 aliphatic heterocycles. The molecule has 1 unspecified atom stereocenters. The second-order valence-electron chi connectivity index (χ2n) is 4.44. The van der Waals surface area contributed by atoms with Crippen LogP contribution in [0.3, 0.4) is 0 Å². The molecule has 0 spiro atoms. The number of nitrogens with two attached hydrogens (primary N) is 1. The summed E-state index contributed by atoms with van der Waals surface area (Å²) in [4.78, 5) is 0. The summed E-state index contributed by atoms with van der Waals surface area (Å²) in [5, 5.41) is 5.19. The Morgan fingerprint density at radius 1 is 1.39 bits per heavy atom. The fraction of sp³-hybridized carbons (Fsp3) is 0.357. The van der Waals surface area contributed by atoms with Crippen LogP contribution in [0.2, 0.25) is 5.02 Å². The molecule has 0 radical (unpaired) electrons. The number of aromatic nitrogens is 2. The fourth-order valence-electron chi connectivity index (χ4n) is 2.07. The second-order valence-corrected chi connectivity index (χ2v) is 4.85. The third-order valence-corrected chi connectivity index (χ3v) is 3.48.